The van der Waals surface area contributed by atoms with E-state index in [1.54, 1.807) is 45.8 Å². The summed E-state index contributed by atoms with van der Waals surface area (Å²) in [6, 6.07) is 27.2. The number of aliphatic hydroxyl groups is 4. The Morgan fingerprint density at radius 1 is 0.507 bits per heavy atom. The molecule has 804 valence electrons. The third kappa shape index (κ3) is 44.7. The molecule has 7 aliphatic rings. The number of aliphatic hydroxyl groups excluding tert-OH is 4. The summed E-state index contributed by atoms with van der Waals surface area (Å²) < 4.78 is 118. The molecule has 0 saturated carbocycles. The van der Waals surface area contributed by atoms with E-state index in [4.69, 9.17) is 129 Å². The van der Waals surface area contributed by atoms with Gasteiger partial charge in [0.1, 0.15) is 36.3 Å². The minimum absolute atomic E-state index is 0. The largest absolute Gasteiger partial charge is 0.548 e. The maximum Gasteiger partial charge on any atom is 0.335 e. The summed E-state index contributed by atoms with van der Waals surface area (Å²) in [7, 11) is -8.93. The van der Waals surface area contributed by atoms with Crippen LogP contribution in [0.4, 0.5) is 9.09 Å². The van der Waals surface area contributed by atoms with Gasteiger partial charge < -0.3 is 114 Å². The van der Waals surface area contributed by atoms with Crippen LogP contribution >= 0.6 is 50.8 Å². The van der Waals surface area contributed by atoms with Crippen LogP contribution in [-0.4, -0.2) is 241 Å². The Bertz CT molecular complexity index is 3600. The van der Waals surface area contributed by atoms with Crippen LogP contribution in [-0.2, 0) is 72.8 Å². The van der Waals surface area contributed by atoms with E-state index in [2.05, 4.69) is 206 Å². The first kappa shape index (κ1) is 152. The Hall–Kier alpha value is 3.14. The Morgan fingerprint density at radius 2 is 0.857 bits per heavy atom. The topological polar surface area (TPSA) is 288 Å². The van der Waals surface area contributed by atoms with E-state index in [-0.39, 0.29) is 258 Å². The number of fused-ring (bicyclic) bond motifs is 2. The van der Waals surface area contributed by atoms with Gasteiger partial charge in [0.15, 0.2) is 0 Å². The van der Waals surface area contributed by atoms with Gasteiger partial charge in [-0.1, -0.05) is 207 Å². The van der Waals surface area contributed by atoms with Gasteiger partial charge in [0.25, 0.3) is 8.53 Å². The van der Waals surface area contributed by atoms with Crippen LogP contribution in [0.25, 0.3) is 9.69 Å². The molecule has 7 heterocycles. The maximum absolute atomic E-state index is 10.5. The first-order chi connectivity index (χ1) is 62.7. The van der Waals surface area contributed by atoms with Crippen molar-refractivity contribution in [2.24, 2.45) is 23.7 Å². The number of rotatable bonds is 34. The SMILES string of the molecule is CC(C)[Si]1(C(C)C)OC[C@H]2O[CH-][C@@H](C)C2O[Si](C(C)C)(C(C)C)O1.CC[C@H]1O[CH-][C@@H](C)C1O.COc1ccc(C(Cl)(c2ccccc2)c2ccc(OC)cc2)cc1.CSCO[C@@H]1[CH-]O[C@@H]2CO[Si](C(C)C)(C(C)C)O[Si](C(C)C)(C(C)C)OC12.C[C@@H]1[CH-]O[C@H](CO)C1O.F.N.OCCF.[C-]#[N+]CCOP(Cl)N(C(C)C)C(C)C.[C-]#[N+]CCOP(OC1[C@H](C)[CH-]O[C@@H]1CC)N(C(C)C)C(C)C.[U].[U].[U].[U].[U]. The second-order valence-corrected chi connectivity index (χ2v) is 60.6. The van der Waals surface area contributed by atoms with Gasteiger partial charge in [-0.15, -0.1) is 47.0 Å². The van der Waals surface area contributed by atoms with Crippen LogP contribution in [0.1, 0.15) is 237 Å². The molecule has 7 saturated heterocycles. The fourth-order valence-electron chi connectivity index (χ4n) is 17.0. The monoisotopic (exact) mass is 3260 g/mol. The van der Waals surface area contributed by atoms with Crippen LogP contribution in [0.15, 0.2) is 78.9 Å². The quantitative estimate of drug-likeness (QED) is 0.00706. The molecular formula is C98H176Cl2F2N5O21P2SSi4U5-5. The molecular weight excluding hydrogens is 3090 g/mol. The molecule has 0 amide bonds. The zero-order chi connectivity index (χ0) is 101. The minimum Gasteiger partial charge on any atom is -0.548 e. The number of ether oxygens (including phenoxy) is 8. The number of halogens is 4. The average molecular weight is 3270 g/mol. The van der Waals surface area contributed by atoms with Crippen LogP contribution < -0.4 is 15.6 Å². The number of hydrogen-bond acceptors (Lipinski definition) is 25. The van der Waals surface area contributed by atoms with Crippen LogP contribution in [0.5, 0.6) is 11.5 Å². The molecule has 17 atom stereocenters. The Labute approximate surface area is 984 Å². The number of benzene rings is 3. The Kier molecular flexibility index (Phi) is 83.9. The molecule has 42 heteroatoms. The van der Waals surface area contributed by atoms with Crippen molar-refractivity contribution < 1.29 is 262 Å². The van der Waals surface area contributed by atoms with Gasteiger partial charge in [-0.05, 0) is 177 Å². The summed E-state index contributed by atoms with van der Waals surface area (Å²) >= 11 is 15.0. The second-order valence-electron chi connectivity index (χ2n) is 38.1. The van der Waals surface area contributed by atoms with Crippen molar-refractivity contribution in [3.8, 4) is 11.5 Å². The molecule has 10 rings (SSSR count). The molecule has 0 bridgehead atoms. The number of alkyl halides is 2. The van der Waals surface area contributed by atoms with E-state index < -0.39 is 74.2 Å². The van der Waals surface area contributed by atoms with Gasteiger partial charge in [0.05, 0.1) is 95.4 Å². The summed E-state index contributed by atoms with van der Waals surface area (Å²) in [5.74, 6) is 3.01. The molecule has 26 nitrogen and oxygen atoms in total. The fraction of sp³-hybridized carbons (Fsp3) is 0.745. The Morgan fingerprint density at radius 3 is 1.19 bits per heavy atom. The maximum atomic E-state index is 10.5. The average Bonchev–Trinajstić information content (AvgIpc) is 1.03. The number of nitrogens with zero attached hydrogens (tertiary/aromatic N) is 4. The van der Waals surface area contributed by atoms with E-state index in [1.165, 1.54) is 0 Å². The van der Waals surface area contributed by atoms with E-state index in [1.807, 2.05) is 119 Å². The molecule has 0 spiro atoms. The van der Waals surface area contributed by atoms with Crippen LogP contribution in [0.3, 0.4) is 0 Å². The van der Waals surface area contributed by atoms with E-state index in [0.717, 1.165) is 41.0 Å². The number of hydrogen-bond donors (Lipinski definition) is 5. The van der Waals surface area contributed by atoms with E-state index in [9.17, 15) is 9.50 Å². The van der Waals surface area contributed by atoms with Crippen molar-refractivity contribution in [2.75, 3.05) is 85.8 Å². The van der Waals surface area contributed by atoms with E-state index >= 15 is 0 Å². The molecule has 7 unspecified atom stereocenters. The van der Waals surface area contributed by atoms with Crippen molar-refractivity contribution in [3.63, 3.8) is 0 Å². The van der Waals surface area contributed by atoms with Gasteiger partial charge in [0, 0.05) is 192 Å². The molecule has 7 N–H and O–H groups in total. The van der Waals surface area contributed by atoms with Crippen molar-refractivity contribution in [1.29, 1.82) is 0 Å². The summed E-state index contributed by atoms with van der Waals surface area (Å²) in [5.41, 5.74) is 5.80. The third-order valence-corrected chi connectivity index (χ3v) is 50.5. The molecule has 0 aliphatic carbocycles. The van der Waals surface area contributed by atoms with Crippen LogP contribution in [0, 0.1) is 225 Å². The summed E-state index contributed by atoms with van der Waals surface area (Å²) in [5, 5.41) is 34.5. The van der Waals surface area contributed by atoms with Gasteiger partial charge in [-0.25, -0.2) is 53.3 Å². The molecule has 7 fully saturated rings. The third-order valence-electron chi connectivity index (χ3n) is 24.3. The Balaban J connectivity index is -0.000000511. The molecule has 140 heavy (non-hydrogen) atoms. The molecule has 3 aromatic rings. The zero-order valence-electron chi connectivity index (χ0n) is 90.0. The summed E-state index contributed by atoms with van der Waals surface area (Å²) in [6.45, 7) is 89.1. The normalized spacial score (nSPS) is 24.9. The predicted octanol–water partition coefficient (Wildman–Crippen LogP) is 24.1. The van der Waals surface area contributed by atoms with Crippen molar-refractivity contribution in [2.45, 2.75) is 361 Å². The molecule has 3 aromatic carbocycles. The van der Waals surface area contributed by atoms with Crippen molar-refractivity contribution in [1.82, 2.24) is 15.5 Å². The molecule has 7 aliphatic heterocycles. The van der Waals surface area contributed by atoms with Crippen molar-refractivity contribution >= 4 is 85.0 Å². The summed E-state index contributed by atoms with van der Waals surface area (Å²) in [4.78, 5) is 5.80. The molecule has 0 aromatic heterocycles. The predicted molar refractivity (Wildman–Crippen MR) is 555 cm³/mol. The van der Waals surface area contributed by atoms with Gasteiger partial charge in [-0.2, -0.15) is 6.61 Å². The van der Waals surface area contributed by atoms with Gasteiger partial charge >= 0.3 is 34.2 Å². The fourth-order valence-corrected chi connectivity index (χ4v) is 44.3. The second kappa shape index (κ2) is 77.5. The van der Waals surface area contributed by atoms with Gasteiger partial charge in [0.2, 0.25) is 20.7 Å². The first-order valence-electron chi connectivity index (χ1n) is 47.9. The van der Waals surface area contributed by atoms with Gasteiger partial charge in [-0.3, -0.25) is 4.70 Å². The van der Waals surface area contributed by atoms with Crippen molar-refractivity contribution in [3.05, 3.63) is 151 Å². The zero-order valence-corrected chi connectivity index (χ0v) is 119. The minimum atomic E-state index is -2.60. The molecule has 0 radical (unpaired) electrons. The first-order valence-corrected chi connectivity index (χ1v) is 60.8. The standard InChI is InChI=1S/C21H19ClO2.C19H39O5SSi2.C18H37O4Si2.C16H30N2O3P.C9H18ClN2OP.C7H13O2.C6H11O3.C2H5FO.FH.H3N.5U/c1-23-19-12-8-17(9-13-19)21(22,16-6-4-3-5-7-16)18-10-14-20(24-2)15-11-18;1-13(2)26(14(3)4)22-11-18-19(17(10-20-18)21-12-25-9)23-27(24-26,15(5)6)16(7)8;1-12(2)23(13(3)4)20-11-17-18(16(9)10-19-17)21-24(22-23,14(5)6)15(7)8;1-8-15-16(14(6)11-19-15)21-22(20-10-9-17-7)18(12(2)3)13(4)5;1-8(2)12(9(3)4)14(10)13-7-6-11-5;1-3-6-7(8)5(2)4-9-6;1-4-3-9-5(2-7)6(4)8;3-1-2-4;;;;;;;/h3-15H,1-2H3;10,13-19H,11-12H2,1-9H3;10,12-18H,11H2,1-9H3;11-16H,8-10H2,1-6H3;8-9H,6-7H2,1-4H3;4-8H,3H2,1-2H3;3-8H,2H2,1H3;4H,1-2H2;1H;1H3;;;;;/q;3*-1;;2*-1;;;;;;;;/t;17-,18-,19?;16-,17-,18?;14-,15-,16?,22?;;5-,6-,7?;4-,5-,6?;;;;;;;;/m.111.11......../s1. The summed E-state index contributed by atoms with van der Waals surface area (Å²) in [6.07, 6.45) is 2.35. The number of methoxy groups -OCH3 is 2. The van der Waals surface area contributed by atoms with E-state index in [0.29, 0.717) is 114 Å². The number of thioether (sulfide) groups is 1. The van der Waals surface area contributed by atoms with Crippen LogP contribution in [0.2, 0.25) is 44.3 Å². The smallest absolute Gasteiger partial charge is 0.335 e.